The van der Waals surface area contributed by atoms with E-state index in [4.69, 9.17) is 10.7 Å². The fourth-order valence-electron chi connectivity index (χ4n) is 3.44. The van der Waals surface area contributed by atoms with Crippen LogP contribution >= 0.6 is 0 Å². The second-order valence-corrected chi connectivity index (χ2v) is 7.16. The largest absolute Gasteiger partial charge is 0.329 e. The summed E-state index contributed by atoms with van der Waals surface area (Å²) in [5.41, 5.74) is 12.1. The summed E-state index contributed by atoms with van der Waals surface area (Å²) in [6.45, 7) is 2.81. The van der Waals surface area contributed by atoms with Gasteiger partial charge in [-0.05, 0) is 37.3 Å². The first kappa shape index (κ1) is 19.0. The highest BCUT2D eigenvalue weighted by molar-refractivity contribution is 5.84. The first-order chi connectivity index (χ1) is 15.1. The molecule has 0 spiro atoms. The van der Waals surface area contributed by atoms with Crippen LogP contribution in [-0.2, 0) is 6.54 Å². The van der Waals surface area contributed by atoms with Crippen molar-refractivity contribution in [1.29, 1.82) is 0 Å². The molecule has 5 rings (SSSR count). The van der Waals surface area contributed by atoms with Gasteiger partial charge in [0.25, 0.3) is 0 Å². The maximum Gasteiger partial charge on any atom is 0.144 e. The summed E-state index contributed by atoms with van der Waals surface area (Å²) in [7, 11) is 0. The molecule has 0 radical (unpaired) electrons. The Kier molecular flexibility index (Phi) is 4.72. The molecule has 0 amide bonds. The van der Waals surface area contributed by atoms with Crippen molar-refractivity contribution in [3.63, 3.8) is 0 Å². The maximum absolute atomic E-state index is 13.6. The van der Waals surface area contributed by atoms with Crippen LogP contribution in [0.5, 0.6) is 0 Å². The zero-order valence-corrected chi connectivity index (χ0v) is 16.7. The zero-order valence-electron chi connectivity index (χ0n) is 16.7. The van der Waals surface area contributed by atoms with E-state index >= 15 is 0 Å². The van der Waals surface area contributed by atoms with Crippen LogP contribution in [0.4, 0.5) is 4.39 Å². The van der Waals surface area contributed by atoms with Crippen LogP contribution in [0.2, 0.25) is 0 Å². The first-order valence-corrected chi connectivity index (χ1v) is 9.79. The Morgan fingerprint density at radius 3 is 2.71 bits per heavy atom. The number of nitrogens with zero attached hydrogens (tertiary/aromatic N) is 6. The van der Waals surface area contributed by atoms with Gasteiger partial charge in [-0.25, -0.2) is 14.4 Å². The molecule has 5 aromatic heterocycles. The normalized spacial score (nSPS) is 11.3. The molecule has 0 unspecified atom stereocenters. The summed E-state index contributed by atoms with van der Waals surface area (Å²) < 4.78 is 15.4. The molecule has 5 heterocycles. The summed E-state index contributed by atoms with van der Waals surface area (Å²) >= 11 is 0. The van der Waals surface area contributed by atoms with Crippen molar-refractivity contribution in [2.24, 2.45) is 5.73 Å². The SMILES string of the molecule is Cc1nc(-c2[nH]ncc2-c2ccc3ncc(-c4cnn(CCN)c4)cc3n2)ccc1F. The highest BCUT2D eigenvalue weighted by atomic mass is 19.1. The van der Waals surface area contributed by atoms with Crippen molar-refractivity contribution >= 4 is 11.0 Å². The molecule has 9 heteroatoms. The smallest absolute Gasteiger partial charge is 0.144 e. The molecule has 154 valence electrons. The van der Waals surface area contributed by atoms with Crippen molar-refractivity contribution in [1.82, 2.24) is 34.9 Å². The van der Waals surface area contributed by atoms with Gasteiger partial charge in [-0.3, -0.25) is 14.8 Å². The molecular formula is C22H19FN8. The van der Waals surface area contributed by atoms with Crippen LogP contribution in [0.25, 0.3) is 44.8 Å². The minimum atomic E-state index is -0.345. The van der Waals surface area contributed by atoms with E-state index in [0.717, 1.165) is 33.4 Å². The minimum absolute atomic E-state index is 0.327. The number of hydrogen-bond donors (Lipinski definition) is 2. The molecule has 0 saturated heterocycles. The summed E-state index contributed by atoms with van der Waals surface area (Å²) in [6.07, 6.45) is 7.23. The molecule has 5 aromatic rings. The number of hydrogen-bond acceptors (Lipinski definition) is 6. The highest BCUT2D eigenvalue weighted by Crippen LogP contribution is 2.30. The van der Waals surface area contributed by atoms with E-state index in [2.05, 4.69) is 25.3 Å². The van der Waals surface area contributed by atoms with Crippen LogP contribution in [-0.4, -0.2) is 41.5 Å². The molecule has 0 bridgehead atoms. The van der Waals surface area contributed by atoms with E-state index in [1.165, 1.54) is 6.07 Å². The molecule has 31 heavy (non-hydrogen) atoms. The lowest BCUT2D eigenvalue weighted by atomic mass is 10.1. The summed E-state index contributed by atoms with van der Waals surface area (Å²) in [5.74, 6) is -0.345. The lowest BCUT2D eigenvalue weighted by Crippen LogP contribution is -2.09. The molecule has 0 saturated carbocycles. The minimum Gasteiger partial charge on any atom is -0.329 e. The van der Waals surface area contributed by atoms with Crippen LogP contribution in [0, 0.1) is 12.7 Å². The van der Waals surface area contributed by atoms with Crippen molar-refractivity contribution in [2.75, 3.05) is 6.54 Å². The van der Waals surface area contributed by atoms with Crippen LogP contribution in [0.3, 0.4) is 0 Å². The predicted octanol–water partition coefficient (Wildman–Crippen LogP) is 3.35. The molecule has 0 aliphatic heterocycles. The number of pyridine rings is 3. The van der Waals surface area contributed by atoms with Crippen LogP contribution < -0.4 is 5.73 Å². The molecule has 8 nitrogen and oxygen atoms in total. The number of aryl methyl sites for hydroxylation is 1. The number of H-pyrrole nitrogens is 1. The van der Waals surface area contributed by atoms with E-state index in [1.807, 2.05) is 30.6 Å². The van der Waals surface area contributed by atoms with Gasteiger partial charge < -0.3 is 5.73 Å². The van der Waals surface area contributed by atoms with Gasteiger partial charge in [0, 0.05) is 35.6 Å². The Balaban J connectivity index is 1.55. The fraction of sp³-hybridized carbons (Fsp3) is 0.136. The highest BCUT2D eigenvalue weighted by Gasteiger charge is 2.14. The van der Waals surface area contributed by atoms with Gasteiger partial charge in [0.1, 0.15) is 5.82 Å². The molecule has 0 aromatic carbocycles. The van der Waals surface area contributed by atoms with Gasteiger partial charge >= 0.3 is 0 Å². The third-order valence-corrected chi connectivity index (χ3v) is 5.05. The molecule has 0 fully saturated rings. The Bertz CT molecular complexity index is 1390. The Hall–Kier alpha value is -3.98. The van der Waals surface area contributed by atoms with Gasteiger partial charge in [-0.2, -0.15) is 10.2 Å². The van der Waals surface area contributed by atoms with Gasteiger partial charge in [0.05, 0.1) is 52.7 Å². The number of nitrogens with two attached hydrogens (primary N) is 1. The summed E-state index contributed by atoms with van der Waals surface area (Å²) in [4.78, 5) is 13.7. The van der Waals surface area contributed by atoms with Crippen LogP contribution in [0.1, 0.15) is 5.69 Å². The van der Waals surface area contributed by atoms with Gasteiger partial charge in [-0.15, -0.1) is 0 Å². The number of aromatic amines is 1. The lowest BCUT2D eigenvalue weighted by molar-refractivity contribution is 0.610. The third-order valence-electron chi connectivity index (χ3n) is 5.05. The average Bonchev–Trinajstić information content (AvgIpc) is 3.45. The molecule has 0 aliphatic carbocycles. The Labute approximate surface area is 177 Å². The molecule has 0 aliphatic rings. The summed E-state index contributed by atoms with van der Waals surface area (Å²) in [5, 5.41) is 11.4. The molecule has 0 atom stereocenters. The number of halogens is 1. The monoisotopic (exact) mass is 414 g/mol. The topological polar surface area (TPSA) is 111 Å². The quantitative estimate of drug-likeness (QED) is 0.456. The van der Waals surface area contributed by atoms with E-state index in [1.54, 1.807) is 30.1 Å². The van der Waals surface area contributed by atoms with E-state index in [9.17, 15) is 4.39 Å². The maximum atomic E-state index is 13.6. The van der Waals surface area contributed by atoms with Crippen LogP contribution in [0.15, 0.2) is 55.1 Å². The zero-order chi connectivity index (χ0) is 21.4. The summed E-state index contributed by atoms with van der Waals surface area (Å²) in [6, 6.07) is 8.81. The first-order valence-electron chi connectivity index (χ1n) is 9.79. The Morgan fingerprint density at radius 2 is 1.87 bits per heavy atom. The number of rotatable bonds is 5. The van der Waals surface area contributed by atoms with Crippen molar-refractivity contribution in [2.45, 2.75) is 13.5 Å². The van der Waals surface area contributed by atoms with E-state index in [0.29, 0.717) is 30.2 Å². The Morgan fingerprint density at radius 1 is 1.00 bits per heavy atom. The fourth-order valence-corrected chi connectivity index (χ4v) is 3.44. The van der Waals surface area contributed by atoms with Gasteiger partial charge in [0.2, 0.25) is 0 Å². The van der Waals surface area contributed by atoms with Crippen molar-refractivity contribution in [3.05, 3.63) is 66.6 Å². The average molecular weight is 414 g/mol. The molecule has 3 N–H and O–H groups in total. The van der Waals surface area contributed by atoms with Crippen molar-refractivity contribution in [3.8, 4) is 33.8 Å². The van der Waals surface area contributed by atoms with Gasteiger partial charge in [0.15, 0.2) is 0 Å². The van der Waals surface area contributed by atoms with Gasteiger partial charge in [-0.1, -0.05) is 0 Å². The van der Waals surface area contributed by atoms with E-state index < -0.39 is 0 Å². The number of nitrogens with one attached hydrogen (secondary N) is 1. The second-order valence-electron chi connectivity index (χ2n) is 7.16. The van der Waals surface area contributed by atoms with E-state index in [-0.39, 0.29) is 5.82 Å². The second kappa shape index (κ2) is 7.69. The standard InChI is InChI=1S/C22H19FN8/c1-13-17(23)2-3-20(28-13)22-16(11-26-30-22)18-4-5-19-21(29-18)8-14(9-25-19)15-10-27-31(12-15)7-6-24/h2-5,8-12H,6-7,24H2,1H3,(H,26,30). The lowest BCUT2D eigenvalue weighted by Gasteiger charge is -2.06. The predicted molar refractivity (Wildman–Crippen MR) is 115 cm³/mol. The number of aromatic nitrogens is 7. The molecular weight excluding hydrogens is 395 g/mol. The van der Waals surface area contributed by atoms with Crippen molar-refractivity contribution < 1.29 is 4.39 Å². The third kappa shape index (κ3) is 3.55. The number of fused-ring (bicyclic) bond motifs is 1.